The van der Waals surface area contributed by atoms with Crippen LogP contribution in [-0.4, -0.2) is 13.1 Å². The van der Waals surface area contributed by atoms with Crippen LogP contribution in [0.1, 0.15) is 26.3 Å². The summed E-state index contributed by atoms with van der Waals surface area (Å²) in [5, 5.41) is 0. The molecule has 0 N–H and O–H groups in total. The van der Waals surface area contributed by atoms with Crippen molar-refractivity contribution in [1.82, 2.24) is 0 Å². The predicted molar refractivity (Wildman–Crippen MR) is 66.9 cm³/mol. The zero-order valence-corrected chi connectivity index (χ0v) is 10.7. The predicted octanol–water partition coefficient (Wildman–Crippen LogP) is 3.05. The van der Waals surface area contributed by atoms with Gasteiger partial charge in [0.25, 0.3) is 0 Å². The van der Waals surface area contributed by atoms with Gasteiger partial charge in [-0.05, 0) is 29.7 Å². The molecule has 0 saturated heterocycles. The number of ether oxygens (including phenoxy) is 2. The second-order valence-corrected chi connectivity index (χ2v) is 4.79. The van der Waals surface area contributed by atoms with Gasteiger partial charge in [0.1, 0.15) is 5.75 Å². The molecule has 3 nitrogen and oxygen atoms in total. The van der Waals surface area contributed by atoms with Crippen molar-refractivity contribution in [2.75, 3.05) is 7.11 Å². The first-order chi connectivity index (χ1) is 7.84. The molecule has 1 rings (SSSR count). The van der Waals surface area contributed by atoms with Gasteiger partial charge in [-0.3, -0.25) is 0 Å². The van der Waals surface area contributed by atoms with Gasteiger partial charge in [0.2, 0.25) is 5.76 Å². The monoisotopic (exact) mass is 234 g/mol. The molecule has 0 unspecified atom stereocenters. The Labute approximate surface area is 102 Å². The van der Waals surface area contributed by atoms with Crippen molar-refractivity contribution < 1.29 is 14.3 Å². The number of benzene rings is 1. The first-order valence-electron chi connectivity index (χ1n) is 5.40. The average Bonchev–Trinajstić information content (AvgIpc) is 2.27. The van der Waals surface area contributed by atoms with E-state index >= 15 is 0 Å². The Bertz CT molecular complexity index is 410. The van der Waals surface area contributed by atoms with Crippen LogP contribution in [0.5, 0.6) is 5.75 Å². The third kappa shape index (κ3) is 3.63. The Morgan fingerprint density at radius 2 is 1.71 bits per heavy atom. The molecule has 0 aliphatic carbocycles. The summed E-state index contributed by atoms with van der Waals surface area (Å²) in [4.78, 5) is 11.1. The van der Waals surface area contributed by atoms with Crippen LogP contribution in [0.2, 0.25) is 0 Å². The standard InChI is InChI=1S/C14H18O3/c1-10(13(15)16-5)17-12-8-6-11(7-9-12)14(2,3)4/h6-9H,1H2,2-5H3. The topological polar surface area (TPSA) is 35.5 Å². The van der Waals surface area contributed by atoms with Crippen LogP contribution in [0, 0.1) is 0 Å². The molecule has 3 heteroatoms. The average molecular weight is 234 g/mol. The van der Waals surface area contributed by atoms with Gasteiger partial charge in [-0.2, -0.15) is 0 Å². The Morgan fingerprint density at radius 3 is 2.12 bits per heavy atom. The van der Waals surface area contributed by atoms with E-state index in [9.17, 15) is 4.79 Å². The van der Waals surface area contributed by atoms with Crippen LogP contribution in [0.15, 0.2) is 36.6 Å². The lowest BCUT2D eigenvalue weighted by molar-refractivity contribution is -0.138. The van der Waals surface area contributed by atoms with E-state index in [0.29, 0.717) is 5.75 Å². The summed E-state index contributed by atoms with van der Waals surface area (Å²) in [6, 6.07) is 7.57. The molecule has 1 aromatic rings. The van der Waals surface area contributed by atoms with Crippen LogP contribution < -0.4 is 4.74 Å². The molecular weight excluding hydrogens is 216 g/mol. The van der Waals surface area contributed by atoms with Crippen LogP contribution >= 0.6 is 0 Å². The maximum atomic E-state index is 11.1. The molecule has 17 heavy (non-hydrogen) atoms. The highest BCUT2D eigenvalue weighted by Crippen LogP contribution is 2.24. The van der Waals surface area contributed by atoms with Crippen LogP contribution in [0.25, 0.3) is 0 Å². The van der Waals surface area contributed by atoms with Gasteiger partial charge in [0, 0.05) is 0 Å². The lowest BCUT2D eigenvalue weighted by atomic mass is 9.87. The van der Waals surface area contributed by atoms with Gasteiger partial charge in [-0.1, -0.05) is 32.9 Å². The third-order valence-electron chi connectivity index (χ3n) is 2.37. The van der Waals surface area contributed by atoms with E-state index in [1.165, 1.54) is 12.7 Å². The van der Waals surface area contributed by atoms with Gasteiger partial charge in [-0.25, -0.2) is 4.79 Å². The Hall–Kier alpha value is -1.77. The van der Waals surface area contributed by atoms with Crippen LogP contribution in [-0.2, 0) is 14.9 Å². The van der Waals surface area contributed by atoms with Gasteiger partial charge < -0.3 is 9.47 Å². The first kappa shape index (κ1) is 13.3. The lowest BCUT2D eigenvalue weighted by Gasteiger charge is -2.19. The van der Waals surface area contributed by atoms with Gasteiger partial charge >= 0.3 is 5.97 Å². The number of esters is 1. The maximum absolute atomic E-state index is 11.1. The number of carbonyl (C=O) groups is 1. The largest absolute Gasteiger partial charge is 0.463 e. The van der Waals surface area contributed by atoms with Gasteiger partial charge in [-0.15, -0.1) is 0 Å². The number of hydrogen-bond donors (Lipinski definition) is 0. The van der Waals surface area contributed by atoms with Gasteiger partial charge in [0.15, 0.2) is 0 Å². The molecule has 0 fully saturated rings. The van der Waals surface area contributed by atoms with E-state index in [1.807, 2.05) is 24.3 Å². The van der Waals surface area contributed by atoms with Crippen LogP contribution in [0.3, 0.4) is 0 Å². The molecule has 0 aromatic heterocycles. The molecule has 0 heterocycles. The van der Waals surface area contributed by atoms with Crippen molar-refractivity contribution in [3.8, 4) is 5.75 Å². The zero-order valence-electron chi connectivity index (χ0n) is 10.7. The van der Waals surface area contributed by atoms with E-state index in [2.05, 4.69) is 32.1 Å². The molecule has 0 saturated carbocycles. The highest BCUT2D eigenvalue weighted by atomic mass is 16.6. The smallest absolute Gasteiger partial charge is 0.373 e. The summed E-state index contributed by atoms with van der Waals surface area (Å²) < 4.78 is 9.76. The van der Waals surface area contributed by atoms with Crippen molar-refractivity contribution in [2.24, 2.45) is 0 Å². The molecular formula is C14H18O3. The lowest BCUT2D eigenvalue weighted by Crippen LogP contribution is -2.11. The van der Waals surface area contributed by atoms with E-state index in [4.69, 9.17) is 4.74 Å². The fourth-order valence-electron chi connectivity index (χ4n) is 1.32. The molecule has 0 atom stereocenters. The first-order valence-corrected chi connectivity index (χ1v) is 5.40. The molecule has 1 aromatic carbocycles. The normalized spacial score (nSPS) is 10.8. The minimum absolute atomic E-state index is 0.0176. The Balaban J connectivity index is 2.76. The quantitative estimate of drug-likeness (QED) is 0.458. The molecule has 0 radical (unpaired) electrons. The van der Waals surface area contributed by atoms with E-state index in [1.54, 1.807) is 0 Å². The fraction of sp³-hybridized carbons (Fsp3) is 0.357. The second kappa shape index (κ2) is 5.04. The maximum Gasteiger partial charge on any atom is 0.373 e. The van der Waals surface area contributed by atoms with Crippen molar-refractivity contribution in [3.05, 3.63) is 42.2 Å². The molecule has 0 spiro atoms. The summed E-state index contributed by atoms with van der Waals surface area (Å²) in [7, 11) is 1.29. The number of hydrogen-bond acceptors (Lipinski definition) is 3. The zero-order chi connectivity index (χ0) is 13.1. The van der Waals surface area contributed by atoms with Crippen LogP contribution in [0.4, 0.5) is 0 Å². The number of carbonyl (C=O) groups excluding carboxylic acids is 1. The van der Waals surface area contributed by atoms with E-state index < -0.39 is 5.97 Å². The minimum atomic E-state index is -0.565. The minimum Gasteiger partial charge on any atom is -0.463 e. The number of rotatable bonds is 3. The van der Waals surface area contributed by atoms with Crippen molar-refractivity contribution in [3.63, 3.8) is 0 Å². The summed E-state index contributed by atoms with van der Waals surface area (Å²) in [5.74, 6) is -0.00527. The molecule has 0 aliphatic heterocycles. The van der Waals surface area contributed by atoms with Crippen molar-refractivity contribution in [1.29, 1.82) is 0 Å². The third-order valence-corrected chi connectivity index (χ3v) is 2.37. The SMILES string of the molecule is C=C(Oc1ccc(C(C)(C)C)cc1)C(=O)OC. The number of methoxy groups -OCH3 is 1. The Morgan fingerprint density at radius 1 is 1.18 bits per heavy atom. The van der Waals surface area contributed by atoms with E-state index in [0.717, 1.165) is 0 Å². The second-order valence-electron chi connectivity index (χ2n) is 4.79. The highest BCUT2D eigenvalue weighted by Gasteiger charge is 2.14. The van der Waals surface area contributed by atoms with Crippen molar-refractivity contribution >= 4 is 5.97 Å². The highest BCUT2D eigenvalue weighted by molar-refractivity contribution is 5.85. The Kier molecular flexibility index (Phi) is 3.94. The molecule has 0 bridgehead atoms. The fourth-order valence-corrected chi connectivity index (χ4v) is 1.32. The summed E-state index contributed by atoms with van der Waals surface area (Å²) >= 11 is 0. The summed E-state index contributed by atoms with van der Waals surface area (Å²) in [6.07, 6.45) is 0. The summed E-state index contributed by atoms with van der Waals surface area (Å²) in [5.41, 5.74) is 1.30. The molecule has 92 valence electrons. The molecule has 0 amide bonds. The van der Waals surface area contributed by atoms with Crippen molar-refractivity contribution in [2.45, 2.75) is 26.2 Å². The molecule has 0 aliphatic rings. The van der Waals surface area contributed by atoms with E-state index in [-0.39, 0.29) is 11.2 Å². The van der Waals surface area contributed by atoms with Gasteiger partial charge in [0.05, 0.1) is 7.11 Å². The summed E-state index contributed by atoms with van der Waals surface area (Å²) in [6.45, 7) is 9.90.